The van der Waals surface area contributed by atoms with Gasteiger partial charge in [0.05, 0.1) is 5.75 Å². The minimum absolute atomic E-state index is 0.743. The Morgan fingerprint density at radius 2 is 2.10 bits per heavy atom. The van der Waals surface area contributed by atoms with Gasteiger partial charge in [-0.1, -0.05) is 30.3 Å². The van der Waals surface area contributed by atoms with E-state index in [4.69, 9.17) is 4.52 Å². The molecule has 1 aromatic heterocycles. The molecule has 4 nitrogen and oxygen atoms in total. The van der Waals surface area contributed by atoms with Crippen molar-refractivity contribution in [1.29, 1.82) is 0 Å². The van der Waals surface area contributed by atoms with Crippen LogP contribution in [0.25, 0.3) is 0 Å². The first-order valence-electron chi connectivity index (χ1n) is 7.06. The molecule has 0 aliphatic heterocycles. The van der Waals surface area contributed by atoms with Crippen LogP contribution < -0.4 is 5.32 Å². The standard InChI is InChI=1S/C15H21N3OS/c1-2-11-20-12-14-17-15(19-18-14)9-6-10-16-13-7-4-3-5-8-13/h3-5,7-8,16H,2,6,9-12H2,1H3. The van der Waals surface area contributed by atoms with E-state index < -0.39 is 0 Å². The minimum Gasteiger partial charge on any atom is -0.385 e. The first-order valence-corrected chi connectivity index (χ1v) is 8.22. The van der Waals surface area contributed by atoms with Crippen molar-refractivity contribution >= 4 is 17.4 Å². The lowest BCUT2D eigenvalue weighted by Crippen LogP contribution is -2.02. The van der Waals surface area contributed by atoms with E-state index in [9.17, 15) is 0 Å². The monoisotopic (exact) mass is 291 g/mol. The van der Waals surface area contributed by atoms with E-state index >= 15 is 0 Å². The van der Waals surface area contributed by atoms with Crippen LogP contribution in [0.15, 0.2) is 34.9 Å². The molecular formula is C15H21N3OS. The van der Waals surface area contributed by atoms with Gasteiger partial charge in [0.15, 0.2) is 5.82 Å². The molecule has 0 unspecified atom stereocenters. The van der Waals surface area contributed by atoms with Gasteiger partial charge in [0.1, 0.15) is 0 Å². The molecule has 0 spiro atoms. The number of benzene rings is 1. The molecule has 0 radical (unpaired) electrons. The molecule has 0 saturated heterocycles. The van der Waals surface area contributed by atoms with Gasteiger partial charge >= 0.3 is 0 Å². The predicted octanol–water partition coefficient (Wildman–Crippen LogP) is 3.76. The van der Waals surface area contributed by atoms with E-state index in [-0.39, 0.29) is 0 Å². The van der Waals surface area contributed by atoms with Crippen molar-refractivity contribution in [3.8, 4) is 0 Å². The van der Waals surface area contributed by atoms with Crippen LogP contribution in [-0.4, -0.2) is 22.4 Å². The van der Waals surface area contributed by atoms with E-state index in [1.807, 2.05) is 30.0 Å². The highest BCUT2D eigenvalue weighted by Gasteiger charge is 2.05. The molecule has 5 heteroatoms. The van der Waals surface area contributed by atoms with Gasteiger partial charge in [0.2, 0.25) is 5.89 Å². The molecule has 0 bridgehead atoms. The SMILES string of the molecule is CCCSCc1noc(CCCNc2ccccc2)n1. The molecule has 2 rings (SSSR count). The Labute approximate surface area is 124 Å². The largest absolute Gasteiger partial charge is 0.385 e. The number of nitrogens with zero attached hydrogens (tertiary/aromatic N) is 2. The van der Waals surface area contributed by atoms with Crippen LogP contribution in [0.4, 0.5) is 5.69 Å². The quantitative estimate of drug-likeness (QED) is 0.713. The van der Waals surface area contributed by atoms with Crippen molar-refractivity contribution in [3.05, 3.63) is 42.0 Å². The van der Waals surface area contributed by atoms with E-state index in [1.165, 1.54) is 6.42 Å². The van der Waals surface area contributed by atoms with Gasteiger partial charge in [-0.3, -0.25) is 0 Å². The van der Waals surface area contributed by atoms with E-state index in [2.05, 4.69) is 34.5 Å². The van der Waals surface area contributed by atoms with Gasteiger partial charge in [0, 0.05) is 18.7 Å². The zero-order valence-corrected chi connectivity index (χ0v) is 12.7. The number of aromatic nitrogens is 2. The van der Waals surface area contributed by atoms with Crippen molar-refractivity contribution in [2.75, 3.05) is 17.6 Å². The second-order valence-corrected chi connectivity index (χ2v) is 5.66. The lowest BCUT2D eigenvalue weighted by atomic mass is 10.3. The van der Waals surface area contributed by atoms with Crippen LogP contribution in [0.5, 0.6) is 0 Å². The lowest BCUT2D eigenvalue weighted by Gasteiger charge is -2.03. The summed E-state index contributed by atoms with van der Waals surface area (Å²) in [7, 11) is 0. The minimum atomic E-state index is 0.743. The first-order chi connectivity index (χ1) is 9.88. The summed E-state index contributed by atoms with van der Waals surface area (Å²) in [6, 6.07) is 10.2. The maximum absolute atomic E-state index is 5.25. The van der Waals surface area contributed by atoms with Gasteiger partial charge in [-0.25, -0.2) is 0 Å². The third-order valence-corrected chi connectivity index (χ3v) is 3.92. The topological polar surface area (TPSA) is 51.0 Å². The fourth-order valence-electron chi connectivity index (χ4n) is 1.79. The van der Waals surface area contributed by atoms with E-state index in [1.54, 1.807) is 0 Å². The molecule has 0 fully saturated rings. The highest BCUT2D eigenvalue weighted by atomic mass is 32.2. The summed E-state index contributed by atoms with van der Waals surface area (Å²) in [6.45, 7) is 3.08. The van der Waals surface area contributed by atoms with Crippen molar-refractivity contribution in [3.63, 3.8) is 0 Å². The van der Waals surface area contributed by atoms with Gasteiger partial charge in [0.25, 0.3) is 0 Å². The number of rotatable bonds is 9. The summed E-state index contributed by atoms with van der Waals surface area (Å²) >= 11 is 1.85. The average molecular weight is 291 g/mol. The number of anilines is 1. The van der Waals surface area contributed by atoms with Crippen LogP contribution in [-0.2, 0) is 12.2 Å². The second-order valence-electron chi connectivity index (χ2n) is 4.55. The van der Waals surface area contributed by atoms with Crippen LogP contribution in [0.3, 0.4) is 0 Å². The summed E-state index contributed by atoms with van der Waals surface area (Å²) in [5.74, 6) is 3.55. The zero-order valence-electron chi connectivity index (χ0n) is 11.8. The number of nitrogens with one attached hydrogen (secondary N) is 1. The molecule has 108 valence electrons. The molecule has 0 aliphatic carbocycles. The fraction of sp³-hybridized carbons (Fsp3) is 0.467. The van der Waals surface area contributed by atoms with Crippen LogP contribution in [0.1, 0.15) is 31.5 Å². The highest BCUT2D eigenvalue weighted by Crippen LogP contribution is 2.11. The summed E-state index contributed by atoms with van der Waals surface area (Å²) < 4.78 is 5.25. The third kappa shape index (κ3) is 5.25. The smallest absolute Gasteiger partial charge is 0.226 e. The van der Waals surface area contributed by atoms with Crippen molar-refractivity contribution in [2.24, 2.45) is 0 Å². The summed E-state index contributed by atoms with van der Waals surface area (Å²) in [4.78, 5) is 4.40. The Bertz CT molecular complexity index is 487. The highest BCUT2D eigenvalue weighted by molar-refractivity contribution is 7.98. The number of para-hydroxylation sites is 1. The Balaban J connectivity index is 1.64. The van der Waals surface area contributed by atoms with Gasteiger partial charge < -0.3 is 9.84 Å². The maximum atomic E-state index is 5.25. The van der Waals surface area contributed by atoms with Crippen molar-refractivity contribution in [1.82, 2.24) is 10.1 Å². The van der Waals surface area contributed by atoms with Crippen LogP contribution in [0, 0.1) is 0 Å². The number of thioether (sulfide) groups is 1. The molecule has 0 saturated carbocycles. The zero-order chi connectivity index (χ0) is 14.0. The third-order valence-electron chi connectivity index (χ3n) is 2.76. The molecule has 0 atom stereocenters. The average Bonchev–Trinajstić information content (AvgIpc) is 2.93. The Kier molecular flexibility index (Phi) is 6.44. The Morgan fingerprint density at radius 1 is 1.25 bits per heavy atom. The number of hydrogen-bond acceptors (Lipinski definition) is 5. The van der Waals surface area contributed by atoms with Crippen LogP contribution >= 0.6 is 11.8 Å². The summed E-state index contributed by atoms with van der Waals surface area (Å²) in [5.41, 5.74) is 1.15. The number of hydrogen-bond donors (Lipinski definition) is 1. The fourth-order valence-corrected chi connectivity index (χ4v) is 2.52. The van der Waals surface area contributed by atoms with Gasteiger partial charge in [-0.05, 0) is 30.7 Å². The molecule has 0 aliphatic rings. The maximum Gasteiger partial charge on any atom is 0.226 e. The first kappa shape index (κ1) is 14.9. The summed E-state index contributed by atoms with van der Waals surface area (Å²) in [6.07, 6.45) is 2.99. The Hall–Kier alpha value is -1.49. The summed E-state index contributed by atoms with van der Waals surface area (Å²) in [5, 5.41) is 7.37. The normalized spacial score (nSPS) is 10.7. The second kappa shape index (κ2) is 8.64. The molecule has 1 aromatic carbocycles. The van der Waals surface area contributed by atoms with Crippen molar-refractivity contribution in [2.45, 2.75) is 31.9 Å². The number of aryl methyl sites for hydroxylation is 1. The molecule has 1 heterocycles. The molecule has 2 aromatic rings. The molecule has 1 N–H and O–H groups in total. The Morgan fingerprint density at radius 3 is 2.90 bits per heavy atom. The van der Waals surface area contributed by atoms with Gasteiger partial charge in [-0.2, -0.15) is 16.7 Å². The van der Waals surface area contributed by atoms with Crippen LogP contribution in [0.2, 0.25) is 0 Å². The molecule has 0 amide bonds. The lowest BCUT2D eigenvalue weighted by molar-refractivity contribution is 0.373. The van der Waals surface area contributed by atoms with E-state index in [0.29, 0.717) is 0 Å². The predicted molar refractivity (Wildman–Crippen MR) is 84.0 cm³/mol. The molecular weight excluding hydrogens is 270 g/mol. The molecule has 20 heavy (non-hydrogen) atoms. The van der Waals surface area contributed by atoms with Crippen molar-refractivity contribution < 1.29 is 4.52 Å². The van der Waals surface area contributed by atoms with Gasteiger partial charge in [-0.15, -0.1) is 0 Å². The van der Waals surface area contributed by atoms with E-state index in [0.717, 1.165) is 48.3 Å².